The van der Waals surface area contributed by atoms with Gasteiger partial charge in [-0.25, -0.2) is 27.9 Å². The maximum atomic E-state index is 12.6. The summed E-state index contributed by atoms with van der Waals surface area (Å²) in [6.07, 6.45) is 9.67. The number of pyridine rings is 1. The molecule has 34 heavy (non-hydrogen) atoms. The van der Waals surface area contributed by atoms with Crippen molar-refractivity contribution in [2.24, 2.45) is 5.92 Å². The van der Waals surface area contributed by atoms with Gasteiger partial charge >= 0.3 is 6.03 Å². The number of amides is 2. The van der Waals surface area contributed by atoms with Crippen molar-refractivity contribution < 1.29 is 18.0 Å². The molecule has 0 aromatic carbocycles. The minimum atomic E-state index is -3.42. The smallest absolute Gasteiger partial charge is 0.325 e. The molecule has 3 aromatic rings. The van der Waals surface area contributed by atoms with Crippen molar-refractivity contribution >= 4 is 55.8 Å². The molecule has 3 heterocycles. The maximum Gasteiger partial charge on any atom is 0.325 e. The summed E-state index contributed by atoms with van der Waals surface area (Å²) in [5.41, 5.74) is 1.24. The first-order chi connectivity index (χ1) is 16.3. The van der Waals surface area contributed by atoms with E-state index < -0.39 is 16.1 Å². The van der Waals surface area contributed by atoms with Crippen LogP contribution in [-0.2, 0) is 16.6 Å². The van der Waals surface area contributed by atoms with E-state index in [4.69, 9.17) is 0 Å². The number of aromatic amines is 1. The Hall–Kier alpha value is -2.81. The summed E-state index contributed by atoms with van der Waals surface area (Å²) in [7, 11) is -3.42. The fraction of sp³-hybridized carbons (Fsp3) is 0.350. The Morgan fingerprint density at radius 3 is 2.71 bits per heavy atom. The van der Waals surface area contributed by atoms with Crippen molar-refractivity contribution in [3.05, 3.63) is 42.1 Å². The predicted molar refractivity (Wildman–Crippen MR) is 130 cm³/mol. The number of urea groups is 1. The van der Waals surface area contributed by atoms with Crippen LogP contribution < -0.4 is 15.4 Å². The normalized spacial score (nSPS) is 14.3. The fourth-order valence-electron chi connectivity index (χ4n) is 3.48. The van der Waals surface area contributed by atoms with Crippen LogP contribution in [0.15, 0.2) is 40.1 Å². The summed E-state index contributed by atoms with van der Waals surface area (Å²) in [6, 6.07) is 2.63. The minimum Gasteiger partial charge on any atom is -0.339 e. The molecule has 1 fully saturated rings. The zero-order chi connectivity index (χ0) is 24.1. The Kier molecular flexibility index (Phi) is 7.60. The van der Waals surface area contributed by atoms with Crippen LogP contribution in [0.3, 0.4) is 0 Å². The Balaban J connectivity index is 1.44. The number of sulfonamides is 1. The SMILES string of the molecule is CS(=O)(=O)NCc1nc(NC(=O)Nc2ccnc(C(=O)C3CCCC3)c2)sc1Sc1ncc[nH]1. The number of carbonyl (C=O) groups excluding carboxylic acids is 2. The van der Waals surface area contributed by atoms with Crippen molar-refractivity contribution in [3.63, 3.8) is 0 Å². The van der Waals surface area contributed by atoms with Crippen LogP contribution in [0.2, 0.25) is 0 Å². The lowest BCUT2D eigenvalue weighted by atomic mass is 9.99. The molecule has 14 heteroatoms. The second kappa shape index (κ2) is 10.6. The number of carbonyl (C=O) groups is 2. The van der Waals surface area contributed by atoms with Crippen molar-refractivity contribution in [3.8, 4) is 0 Å². The van der Waals surface area contributed by atoms with Gasteiger partial charge in [-0.1, -0.05) is 24.2 Å². The summed E-state index contributed by atoms with van der Waals surface area (Å²) < 4.78 is 26.1. The molecule has 4 rings (SSSR count). The van der Waals surface area contributed by atoms with Gasteiger partial charge < -0.3 is 10.3 Å². The summed E-state index contributed by atoms with van der Waals surface area (Å²) in [5, 5.41) is 6.25. The van der Waals surface area contributed by atoms with Gasteiger partial charge in [-0.15, -0.1) is 0 Å². The summed E-state index contributed by atoms with van der Waals surface area (Å²) in [6.45, 7) is -0.0291. The number of H-pyrrole nitrogens is 1. The zero-order valence-electron chi connectivity index (χ0n) is 18.2. The number of Topliss-reactive ketones (excluding diaryl/α,β-unsaturated/α-hetero) is 1. The van der Waals surface area contributed by atoms with Crippen LogP contribution in [0.5, 0.6) is 0 Å². The Morgan fingerprint density at radius 2 is 2.00 bits per heavy atom. The largest absolute Gasteiger partial charge is 0.339 e. The van der Waals surface area contributed by atoms with Crippen LogP contribution in [0.25, 0.3) is 0 Å². The molecule has 2 amide bonds. The minimum absolute atomic E-state index is 0.00376. The number of hydrogen-bond donors (Lipinski definition) is 4. The number of ketones is 1. The number of imidazole rings is 1. The summed E-state index contributed by atoms with van der Waals surface area (Å²) in [4.78, 5) is 40.8. The molecule has 0 bridgehead atoms. The number of aromatic nitrogens is 4. The Morgan fingerprint density at radius 1 is 1.21 bits per heavy atom. The molecule has 3 aromatic heterocycles. The van der Waals surface area contributed by atoms with E-state index in [2.05, 4.69) is 35.3 Å². The molecule has 180 valence electrons. The third kappa shape index (κ3) is 6.62. The molecule has 0 radical (unpaired) electrons. The summed E-state index contributed by atoms with van der Waals surface area (Å²) >= 11 is 2.47. The molecular formula is C20H23N7O4S3. The second-order valence-electron chi connectivity index (χ2n) is 7.70. The standard InChI is InChI=1S/C20H23N7O4S3/c1-34(30,31)24-11-15-17(32-19-22-8-9-23-19)33-20(26-15)27-18(29)25-13-6-7-21-14(10-13)16(28)12-4-2-3-5-12/h6-10,12,24H,2-5,11H2,1H3,(H,22,23)(H2,21,25,26,27,29). The number of nitrogens with one attached hydrogen (secondary N) is 4. The van der Waals surface area contributed by atoms with Gasteiger partial charge in [-0.05, 0) is 36.7 Å². The average Bonchev–Trinajstić information content (AvgIpc) is 3.55. The highest BCUT2D eigenvalue weighted by Crippen LogP contribution is 2.36. The second-order valence-corrected chi connectivity index (χ2v) is 11.8. The molecule has 0 aliphatic heterocycles. The third-order valence-corrected chi connectivity index (χ3v) is 7.86. The number of hydrogen-bond acceptors (Lipinski definition) is 9. The lowest BCUT2D eigenvalue weighted by Crippen LogP contribution is -2.22. The highest BCUT2D eigenvalue weighted by Gasteiger charge is 2.25. The topological polar surface area (TPSA) is 159 Å². The Bertz CT molecular complexity index is 1270. The van der Waals surface area contributed by atoms with Gasteiger partial charge in [0, 0.05) is 30.2 Å². The van der Waals surface area contributed by atoms with E-state index in [1.807, 2.05) is 0 Å². The molecule has 1 saturated carbocycles. The maximum absolute atomic E-state index is 12.6. The van der Waals surface area contributed by atoms with Gasteiger partial charge in [-0.2, -0.15) is 0 Å². The van der Waals surface area contributed by atoms with Gasteiger partial charge in [0.1, 0.15) is 5.69 Å². The van der Waals surface area contributed by atoms with Crippen molar-refractivity contribution in [1.29, 1.82) is 0 Å². The van der Waals surface area contributed by atoms with E-state index in [0.29, 0.717) is 26.4 Å². The molecular weight excluding hydrogens is 498 g/mol. The lowest BCUT2D eigenvalue weighted by molar-refractivity contribution is 0.0917. The van der Waals surface area contributed by atoms with Crippen LogP contribution in [0.1, 0.15) is 41.9 Å². The molecule has 0 saturated heterocycles. The first-order valence-electron chi connectivity index (χ1n) is 10.5. The van der Waals surface area contributed by atoms with E-state index in [0.717, 1.165) is 31.9 Å². The molecule has 4 N–H and O–H groups in total. The lowest BCUT2D eigenvalue weighted by Gasteiger charge is -2.09. The van der Waals surface area contributed by atoms with E-state index in [1.165, 1.54) is 29.3 Å². The van der Waals surface area contributed by atoms with Crippen LogP contribution in [0, 0.1) is 5.92 Å². The molecule has 1 aliphatic carbocycles. The number of rotatable bonds is 9. The molecule has 11 nitrogen and oxygen atoms in total. The zero-order valence-corrected chi connectivity index (χ0v) is 20.6. The van der Waals surface area contributed by atoms with E-state index in [1.54, 1.807) is 24.5 Å². The molecule has 0 atom stereocenters. The van der Waals surface area contributed by atoms with Crippen molar-refractivity contribution in [2.45, 2.75) is 41.6 Å². The number of thiazole rings is 1. The molecule has 0 spiro atoms. The number of anilines is 2. The van der Waals surface area contributed by atoms with Gasteiger partial charge in [0.2, 0.25) is 10.0 Å². The quantitative estimate of drug-likeness (QED) is 0.312. The van der Waals surface area contributed by atoms with Crippen LogP contribution in [0.4, 0.5) is 15.6 Å². The Labute approximate surface area is 204 Å². The number of nitrogens with zero attached hydrogens (tertiary/aromatic N) is 3. The van der Waals surface area contributed by atoms with Crippen LogP contribution >= 0.6 is 23.1 Å². The van der Waals surface area contributed by atoms with E-state index in [-0.39, 0.29) is 23.4 Å². The summed E-state index contributed by atoms with van der Waals surface area (Å²) in [5.74, 6) is 0.0000336. The fourth-order valence-corrected chi connectivity index (χ4v) is 5.88. The average molecular weight is 522 g/mol. The molecule has 1 aliphatic rings. The van der Waals surface area contributed by atoms with E-state index >= 15 is 0 Å². The van der Waals surface area contributed by atoms with Crippen molar-refractivity contribution in [2.75, 3.05) is 16.9 Å². The first kappa shape index (κ1) is 24.3. The molecule has 0 unspecified atom stereocenters. The highest BCUT2D eigenvalue weighted by molar-refractivity contribution is 8.01. The monoisotopic (exact) mass is 521 g/mol. The van der Waals surface area contributed by atoms with Gasteiger partial charge in [0.25, 0.3) is 0 Å². The van der Waals surface area contributed by atoms with Crippen molar-refractivity contribution in [1.82, 2.24) is 24.7 Å². The predicted octanol–water partition coefficient (Wildman–Crippen LogP) is 3.48. The van der Waals surface area contributed by atoms with Gasteiger partial charge in [-0.3, -0.25) is 15.1 Å². The van der Waals surface area contributed by atoms with Gasteiger partial charge in [0.15, 0.2) is 16.1 Å². The van der Waals surface area contributed by atoms with Crippen LogP contribution in [-0.4, -0.2) is 46.4 Å². The van der Waals surface area contributed by atoms with Gasteiger partial charge in [0.05, 0.1) is 22.7 Å². The third-order valence-electron chi connectivity index (χ3n) is 5.04. The first-order valence-corrected chi connectivity index (χ1v) is 14.0. The van der Waals surface area contributed by atoms with E-state index in [9.17, 15) is 18.0 Å². The highest BCUT2D eigenvalue weighted by atomic mass is 32.2.